The molecule has 2 aliphatic rings. The Hall–Kier alpha value is -2.96. The minimum absolute atomic E-state index is 0.0132. The Morgan fingerprint density at radius 1 is 1.08 bits per heavy atom. The number of piperidine rings is 1. The number of sulfonamides is 1. The van der Waals surface area contributed by atoms with E-state index in [1.165, 1.54) is 11.5 Å². The molecule has 0 radical (unpaired) electrons. The van der Waals surface area contributed by atoms with Crippen LogP contribution in [0.3, 0.4) is 0 Å². The topological polar surface area (TPSA) is 126 Å². The number of likely N-dealkylation sites (tertiary alicyclic amines) is 1. The maximum absolute atomic E-state index is 14.1. The van der Waals surface area contributed by atoms with Gasteiger partial charge in [-0.15, -0.1) is 0 Å². The summed E-state index contributed by atoms with van der Waals surface area (Å²) < 4.78 is 30.7. The highest BCUT2D eigenvalue weighted by Gasteiger charge is 2.34. The van der Waals surface area contributed by atoms with Gasteiger partial charge in [0.25, 0.3) is 5.91 Å². The number of carbonyl (C=O) groups is 2. The Bertz CT molecular complexity index is 1330. The fourth-order valence-corrected chi connectivity index (χ4v) is 6.88. The number of carbonyl (C=O) groups excluding carboxylic acids is 2. The molecule has 1 atom stereocenters. The van der Waals surface area contributed by atoms with Gasteiger partial charge in [0.05, 0.1) is 17.5 Å². The molecule has 2 amide bonds. The van der Waals surface area contributed by atoms with Gasteiger partial charge in [-0.25, -0.2) is 17.9 Å². The van der Waals surface area contributed by atoms with Gasteiger partial charge in [-0.3, -0.25) is 18.7 Å². The summed E-state index contributed by atoms with van der Waals surface area (Å²) in [7, 11) is -3.53. The first-order valence-electron chi connectivity index (χ1n) is 13.7. The number of imidazole rings is 1. The molecule has 0 spiro atoms. The van der Waals surface area contributed by atoms with Crippen LogP contribution in [0.4, 0.5) is 0 Å². The summed E-state index contributed by atoms with van der Waals surface area (Å²) in [6.45, 7) is 8.52. The molecule has 2 aromatic rings. The van der Waals surface area contributed by atoms with Crippen molar-refractivity contribution in [1.82, 2.24) is 29.0 Å². The molecule has 2 aliphatic heterocycles. The van der Waals surface area contributed by atoms with E-state index >= 15 is 0 Å². The Labute approximate surface area is 230 Å². The predicted octanol–water partition coefficient (Wildman–Crippen LogP) is 1.12. The fourth-order valence-electron chi connectivity index (χ4n) is 5.48. The predicted molar refractivity (Wildman–Crippen MR) is 150 cm³/mol. The molecule has 0 bridgehead atoms. The molecule has 11 nitrogen and oxygen atoms in total. The lowest BCUT2D eigenvalue weighted by Crippen LogP contribution is -2.47. The molecule has 2 N–H and O–H groups in total. The average Bonchev–Trinajstić information content (AvgIpc) is 3.20. The first kappa shape index (κ1) is 29.0. The monoisotopic (exact) mass is 560 g/mol. The lowest BCUT2D eigenvalue weighted by atomic mass is 10.0. The quantitative estimate of drug-likeness (QED) is 0.474. The van der Waals surface area contributed by atoms with Gasteiger partial charge in [-0.05, 0) is 18.8 Å². The van der Waals surface area contributed by atoms with E-state index in [1.807, 2.05) is 44.2 Å². The van der Waals surface area contributed by atoms with E-state index in [4.69, 9.17) is 0 Å². The molecule has 0 aliphatic carbocycles. The SMILES string of the molecule is CC(=O)N1CCCC(n2c(-c3ccccc3)c(C(=O)N3CCNCC3)n(CCNS(=O)(=O)CC(C)C)c2=O)C1. The summed E-state index contributed by atoms with van der Waals surface area (Å²) in [5.41, 5.74) is 1.14. The van der Waals surface area contributed by atoms with Gasteiger partial charge in [0.2, 0.25) is 15.9 Å². The molecule has 2 fully saturated rings. The van der Waals surface area contributed by atoms with Crippen LogP contribution in [0.1, 0.15) is 50.1 Å². The molecule has 39 heavy (non-hydrogen) atoms. The third kappa shape index (κ3) is 6.79. The standard InChI is InChI=1S/C27H40N6O5S/c1-20(2)19-39(37,38)29-13-17-32-25(26(35)30-15-11-28-12-16-30)24(22-8-5-4-6-9-22)33(27(32)36)23-10-7-14-31(18-23)21(3)34/h4-6,8-9,20,23,28-29H,7,10-19H2,1-3H3. The van der Waals surface area contributed by atoms with Gasteiger partial charge >= 0.3 is 5.69 Å². The smallest absolute Gasteiger partial charge is 0.329 e. The van der Waals surface area contributed by atoms with Crippen molar-refractivity contribution in [3.8, 4) is 11.3 Å². The van der Waals surface area contributed by atoms with Gasteiger partial charge in [0.15, 0.2) is 0 Å². The lowest BCUT2D eigenvalue weighted by Gasteiger charge is -2.33. The van der Waals surface area contributed by atoms with Crippen LogP contribution in [0.2, 0.25) is 0 Å². The second-order valence-electron chi connectivity index (χ2n) is 10.7. The van der Waals surface area contributed by atoms with Crippen molar-refractivity contribution in [1.29, 1.82) is 0 Å². The van der Waals surface area contributed by atoms with Crippen LogP contribution in [0, 0.1) is 5.92 Å². The molecular formula is C27H40N6O5S. The number of nitrogens with one attached hydrogen (secondary N) is 2. The Morgan fingerprint density at radius 2 is 1.77 bits per heavy atom. The molecule has 12 heteroatoms. The molecule has 1 aromatic carbocycles. The lowest BCUT2D eigenvalue weighted by molar-refractivity contribution is -0.130. The molecule has 2 saturated heterocycles. The number of nitrogens with zero attached hydrogens (tertiary/aromatic N) is 4. The minimum atomic E-state index is -3.53. The number of aromatic nitrogens is 2. The summed E-state index contributed by atoms with van der Waals surface area (Å²) in [5, 5.41) is 3.25. The second kappa shape index (κ2) is 12.5. The Morgan fingerprint density at radius 3 is 2.41 bits per heavy atom. The van der Waals surface area contributed by atoms with E-state index in [9.17, 15) is 22.8 Å². The van der Waals surface area contributed by atoms with E-state index in [2.05, 4.69) is 10.0 Å². The highest BCUT2D eigenvalue weighted by Crippen LogP contribution is 2.31. The van der Waals surface area contributed by atoms with Crippen LogP contribution in [-0.2, 0) is 21.4 Å². The summed E-state index contributed by atoms with van der Waals surface area (Å²) in [5.74, 6) is -0.370. The Balaban J connectivity index is 1.83. The first-order chi connectivity index (χ1) is 18.6. The minimum Gasteiger partial charge on any atom is -0.341 e. The maximum atomic E-state index is 14.1. The van der Waals surface area contributed by atoms with Gasteiger partial charge in [0, 0.05) is 64.8 Å². The van der Waals surface area contributed by atoms with Crippen LogP contribution in [-0.4, -0.2) is 90.7 Å². The molecular weight excluding hydrogens is 520 g/mol. The van der Waals surface area contributed by atoms with Crippen molar-refractivity contribution in [3.63, 3.8) is 0 Å². The highest BCUT2D eigenvalue weighted by atomic mass is 32.2. The number of piperazine rings is 1. The van der Waals surface area contributed by atoms with Crippen molar-refractivity contribution in [2.24, 2.45) is 5.92 Å². The summed E-state index contributed by atoms with van der Waals surface area (Å²) in [6, 6.07) is 9.05. The van der Waals surface area contributed by atoms with Crippen molar-refractivity contribution in [2.75, 3.05) is 51.6 Å². The number of hydrogen-bond donors (Lipinski definition) is 2. The normalized spacial score (nSPS) is 18.5. The summed E-state index contributed by atoms with van der Waals surface area (Å²) in [6.07, 6.45) is 1.43. The zero-order valence-corrected chi connectivity index (χ0v) is 23.9. The maximum Gasteiger partial charge on any atom is 0.329 e. The van der Waals surface area contributed by atoms with Gasteiger partial charge in [0.1, 0.15) is 5.69 Å². The van der Waals surface area contributed by atoms with Gasteiger partial charge in [-0.2, -0.15) is 0 Å². The van der Waals surface area contributed by atoms with Crippen LogP contribution in [0.25, 0.3) is 11.3 Å². The zero-order chi connectivity index (χ0) is 28.2. The Kier molecular flexibility index (Phi) is 9.29. The molecule has 214 valence electrons. The molecule has 1 unspecified atom stereocenters. The first-order valence-corrected chi connectivity index (χ1v) is 15.4. The van der Waals surface area contributed by atoms with Crippen LogP contribution in [0.15, 0.2) is 35.1 Å². The van der Waals surface area contributed by atoms with Crippen LogP contribution >= 0.6 is 0 Å². The van der Waals surface area contributed by atoms with Crippen molar-refractivity contribution in [3.05, 3.63) is 46.5 Å². The highest BCUT2D eigenvalue weighted by molar-refractivity contribution is 7.89. The third-order valence-corrected chi connectivity index (χ3v) is 8.99. The fraction of sp³-hybridized carbons (Fsp3) is 0.593. The van der Waals surface area contributed by atoms with Crippen molar-refractivity contribution < 1.29 is 18.0 Å². The number of rotatable bonds is 9. The second-order valence-corrected chi connectivity index (χ2v) is 12.6. The largest absolute Gasteiger partial charge is 0.341 e. The van der Waals surface area contributed by atoms with E-state index in [0.29, 0.717) is 51.4 Å². The number of benzene rings is 1. The van der Waals surface area contributed by atoms with E-state index in [-0.39, 0.29) is 54.0 Å². The average molecular weight is 561 g/mol. The van der Waals surface area contributed by atoms with E-state index in [1.54, 1.807) is 14.4 Å². The molecule has 4 rings (SSSR count). The van der Waals surface area contributed by atoms with Crippen LogP contribution < -0.4 is 15.7 Å². The molecule has 3 heterocycles. The van der Waals surface area contributed by atoms with Crippen molar-refractivity contribution in [2.45, 2.75) is 46.2 Å². The van der Waals surface area contributed by atoms with Gasteiger partial charge in [-0.1, -0.05) is 44.2 Å². The number of amides is 2. The van der Waals surface area contributed by atoms with Crippen LogP contribution in [0.5, 0.6) is 0 Å². The van der Waals surface area contributed by atoms with E-state index < -0.39 is 10.0 Å². The van der Waals surface area contributed by atoms with Gasteiger partial charge < -0.3 is 15.1 Å². The number of hydrogen-bond acceptors (Lipinski definition) is 6. The summed E-state index contributed by atoms with van der Waals surface area (Å²) >= 11 is 0. The zero-order valence-electron chi connectivity index (χ0n) is 23.1. The summed E-state index contributed by atoms with van der Waals surface area (Å²) in [4.78, 5) is 43.9. The van der Waals surface area contributed by atoms with Crippen molar-refractivity contribution >= 4 is 21.8 Å². The van der Waals surface area contributed by atoms with E-state index in [0.717, 1.165) is 12.0 Å². The molecule has 0 saturated carbocycles. The third-order valence-electron chi connectivity index (χ3n) is 7.24. The molecule has 1 aromatic heterocycles.